The van der Waals surface area contributed by atoms with Gasteiger partial charge < -0.3 is 96.4 Å². The molecule has 2 saturated heterocycles. The van der Waals surface area contributed by atoms with Gasteiger partial charge in [-0.2, -0.15) is 0 Å². The minimum Gasteiger partial charge on any atom is -0.489 e. The molecule has 0 aromatic heterocycles. The maximum atomic E-state index is 16.4. The molecule has 0 amide bonds. The van der Waals surface area contributed by atoms with E-state index >= 15 is 9.36 Å². The normalized spacial score (nSPS) is 22.4. The highest BCUT2D eigenvalue weighted by atomic mass is 31.2. The molecule has 3 aliphatic rings. The van der Waals surface area contributed by atoms with E-state index in [4.69, 9.17) is 79.9 Å². The number of phosphoric ester groups is 1. The Morgan fingerprint density at radius 3 is 1.40 bits per heavy atom. The van der Waals surface area contributed by atoms with Crippen molar-refractivity contribution in [2.75, 3.05) is 6.61 Å². The molecule has 30 nitrogen and oxygen atoms in total. The van der Waals surface area contributed by atoms with E-state index in [9.17, 15) is 54.3 Å². The highest BCUT2D eigenvalue weighted by Crippen LogP contribution is 2.55. The van der Waals surface area contributed by atoms with Gasteiger partial charge in [0.1, 0.15) is 48.7 Å². The zero-order valence-electron chi connectivity index (χ0n) is 52.9. The Hall–Kier alpha value is -11.0. The van der Waals surface area contributed by atoms with Crippen LogP contribution in [0.2, 0.25) is 0 Å². The van der Waals surface area contributed by atoms with Gasteiger partial charge in [-0.15, -0.1) is 0 Å². The van der Waals surface area contributed by atoms with E-state index in [2.05, 4.69) is 0 Å². The Labute approximate surface area is 568 Å². The molecule has 0 aliphatic carbocycles. The SMILES string of the molecule is CC(=O)OC1[C@@H](OC2C(=O)c3c(cc(OCc4ccccc4)cc3OP(=O)(OCc3ccccc3)OCc3ccccc3)OC2c2ccc(OCc3ccccc3)c(OCc3ccccc3)c2)O[C@H](CO[C@H]2OC(C)C(OC(=O)O)[C@@H](OC(=O)O)[C@H]2OC(=O)O)C(OC(=O)O)[C@@H]1OC(=O)O. The second-order valence-corrected chi connectivity index (χ2v) is 23.8. The lowest BCUT2D eigenvalue weighted by atomic mass is 9.91. The summed E-state index contributed by atoms with van der Waals surface area (Å²) >= 11 is 0. The lowest BCUT2D eigenvalue weighted by Crippen LogP contribution is -2.65. The van der Waals surface area contributed by atoms with Gasteiger partial charge in [0.2, 0.25) is 5.78 Å². The number of ketones is 1. The van der Waals surface area contributed by atoms with E-state index < -0.39 is 142 Å². The molecule has 10 rings (SSSR count). The number of hydrogen-bond donors (Lipinski definition) is 5. The van der Waals surface area contributed by atoms with Crippen LogP contribution in [0.4, 0.5) is 24.0 Å². The van der Waals surface area contributed by atoms with Crippen LogP contribution in [0.3, 0.4) is 0 Å². The van der Waals surface area contributed by atoms with Gasteiger partial charge in [0.15, 0.2) is 72.9 Å². The van der Waals surface area contributed by atoms with Crippen LogP contribution < -0.4 is 23.5 Å². The quantitative estimate of drug-likeness (QED) is 0.0165. The summed E-state index contributed by atoms with van der Waals surface area (Å²) in [5.41, 5.74) is 2.80. The lowest BCUT2D eigenvalue weighted by Gasteiger charge is -2.46. The van der Waals surface area contributed by atoms with Gasteiger partial charge in [-0.3, -0.25) is 18.6 Å². The summed E-state index contributed by atoms with van der Waals surface area (Å²) in [6.45, 7) is 0.0679. The Morgan fingerprint density at radius 2 is 0.900 bits per heavy atom. The first kappa shape index (κ1) is 71.8. The maximum absolute atomic E-state index is 16.4. The molecule has 7 aromatic carbocycles. The van der Waals surface area contributed by atoms with Crippen molar-refractivity contribution in [2.45, 2.75) is 121 Å². The molecular formula is C69H65O30P. The molecule has 0 spiro atoms. The summed E-state index contributed by atoms with van der Waals surface area (Å²) < 4.78 is 116. The van der Waals surface area contributed by atoms with E-state index in [-0.39, 0.29) is 61.6 Å². The van der Waals surface area contributed by atoms with E-state index in [1.807, 2.05) is 48.5 Å². The molecule has 0 bridgehead atoms. The fraction of sp³-hybridized carbons (Fsp3) is 0.290. The number of Topliss-reactive ketones (excluding diaryl/α,β-unsaturated/α-hetero) is 1. The first-order valence-corrected chi connectivity index (χ1v) is 32.0. The molecule has 7 aromatic rings. The molecule has 526 valence electrons. The zero-order valence-corrected chi connectivity index (χ0v) is 53.8. The van der Waals surface area contributed by atoms with Gasteiger partial charge >= 0.3 is 44.6 Å². The summed E-state index contributed by atoms with van der Waals surface area (Å²) in [5, 5.41) is 49.7. The van der Waals surface area contributed by atoms with Crippen LogP contribution in [0.1, 0.15) is 63.7 Å². The second-order valence-electron chi connectivity index (χ2n) is 22.2. The fourth-order valence-electron chi connectivity index (χ4n) is 10.9. The number of ether oxygens (including phenoxy) is 14. The summed E-state index contributed by atoms with van der Waals surface area (Å²) in [5.74, 6) is -2.91. The van der Waals surface area contributed by atoms with Crippen molar-refractivity contribution in [3.05, 3.63) is 221 Å². The molecule has 2 fully saturated rings. The summed E-state index contributed by atoms with van der Waals surface area (Å²) in [4.78, 5) is 91.2. The molecule has 6 unspecified atom stereocenters. The van der Waals surface area contributed by atoms with Crippen molar-refractivity contribution >= 4 is 50.4 Å². The molecule has 5 N–H and O–H groups in total. The van der Waals surface area contributed by atoms with Crippen LogP contribution >= 0.6 is 7.82 Å². The third-order valence-electron chi connectivity index (χ3n) is 15.3. The third kappa shape index (κ3) is 19.2. The number of carboxylic acid groups (broad SMARTS) is 5. The van der Waals surface area contributed by atoms with Crippen molar-refractivity contribution in [3.63, 3.8) is 0 Å². The van der Waals surface area contributed by atoms with Crippen LogP contribution in [0, 0.1) is 0 Å². The maximum Gasteiger partial charge on any atom is 0.530 e. The standard InChI is InChI=1S/C69H65O30P/c1-39-55(94-65(72)73)59(96-67(76)77)61(98-69(80)81)63(89-39)86-38-52-57(95-66(74)75)60(97-68(78)79)62(90-40(2)70)64(92-52)93-58-54(71)53-50(91-56(58)46-28-29-48(84-34-42-20-10-4-11-21-42)49(30-46)85-35-43-22-12-5-13-23-43)31-47(83-33-41-18-8-3-9-19-41)32-51(53)99-100(82,87-36-44-24-14-6-15-25-44)88-37-45-26-16-7-17-27-45/h3-32,39,52,55-64H,33-38H2,1-2H3,(H,72,73)(H,74,75)(H,76,77)(H,78,79)(H,80,81)/t39?,52-,55?,56?,57?,58?,59-,60+,61-,62?,63+,64-/m1/s1. The van der Waals surface area contributed by atoms with Crippen LogP contribution in [-0.2, 0) is 98.8 Å². The molecular weight excluding hydrogens is 1340 g/mol. The number of esters is 1. The first-order chi connectivity index (χ1) is 48.1. The van der Waals surface area contributed by atoms with Crippen molar-refractivity contribution < 1.29 is 144 Å². The largest absolute Gasteiger partial charge is 0.530 e. The summed E-state index contributed by atoms with van der Waals surface area (Å²) in [7, 11) is -4.96. The number of carbonyl (C=O) groups is 7. The highest BCUT2D eigenvalue weighted by Gasteiger charge is 2.58. The molecule has 31 heteroatoms. The van der Waals surface area contributed by atoms with E-state index in [1.165, 1.54) is 30.3 Å². The number of phosphoric acid groups is 1. The molecule has 0 saturated carbocycles. The molecule has 3 heterocycles. The molecule has 12 atom stereocenters. The van der Waals surface area contributed by atoms with Crippen molar-refractivity contribution in [3.8, 4) is 28.7 Å². The van der Waals surface area contributed by atoms with Crippen molar-refractivity contribution in [1.29, 1.82) is 0 Å². The van der Waals surface area contributed by atoms with Gasteiger partial charge in [-0.25, -0.2) is 28.5 Å². The van der Waals surface area contributed by atoms with E-state index in [0.29, 0.717) is 16.7 Å². The predicted molar refractivity (Wildman–Crippen MR) is 337 cm³/mol. The van der Waals surface area contributed by atoms with Gasteiger partial charge in [0.05, 0.1) is 25.9 Å². The highest BCUT2D eigenvalue weighted by molar-refractivity contribution is 7.48. The monoisotopic (exact) mass is 1400 g/mol. The summed E-state index contributed by atoms with van der Waals surface area (Å²) in [6.07, 6.45) is -35.8. The smallest absolute Gasteiger partial charge is 0.489 e. The zero-order chi connectivity index (χ0) is 70.9. The first-order valence-electron chi connectivity index (χ1n) is 30.6. The Morgan fingerprint density at radius 1 is 0.460 bits per heavy atom. The van der Waals surface area contributed by atoms with Gasteiger partial charge in [0.25, 0.3) is 0 Å². The number of rotatable bonds is 29. The van der Waals surface area contributed by atoms with Crippen LogP contribution in [0.15, 0.2) is 182 Å². The Balaban J connectivity index is 1.11. The summed E-state index contributed by atoms with van der Waals surface area (Å²) in [6, 6.07) is 51.3. The second kappa shape index (κ2) is 33.5. The van der Waals surface area contributed by atoms with E-state index in [0.717, 1.165) is 25.0 Å². The van der Waals surface area contributed by atoms with Gasteiger partial charge in [0, 0.05) is 19.1 Å². The molecule has 100 heavy (non-hydrogen) atoms. The van der Waals surface area contributed by atoms with Gasteiger partial charge in [-0.05, 0) is 52.4 Å². The average Bonchev–Trinajstić information content (AvgIpc) is 0.748. The number of fused-ring (bicyclic) bond motifs is 1. The van der Waals surface area contributed by atoms with Gasteiger partial charge in [-0.1, -0.05) is 158 Å². The number of hydrogen-bond acceptors (Lipinski definition) is 25. The lowest BCUT2D eigenvalue weighted by molar-refractivity contribution is -0.334. The minimum atomic E-state index is -4.96. The van der Waals surface area contributed by atoms with Crippen LogP contribution in [0.5, 0.6) is 28.7 Å². The van der Waals surface area contributed by atoms with Crippen LogP contribution in [0.25, 0.3) is 0 Å². The number of carbonyl (C=O) groups excluding carboxylic acids is 2. The Kier molecular flexibility index (Phi) is 24.1. The molecule has 3 aliphatic heterocycles. The average molecular weight is 1410 g/mol. The predicted octanol–water partition coefficient (Wildman–Crippen LogP) is 11.8. The number of benzene rings is 7. The fourth-order valence-corrected chi connectivity index (χ4v) is 12.1. The molecule has 0 radical (unpaired) electrons. The van der Waals surface area contributed by atoms with Crippen molar-refractivity contribution in [1.82, 2.24) is 0 Å². The topological polar surface area (TPSA) is 395 Å². The van der Waals surface area contributed by atoms with Crippen LogP contribution in [-0.4, -0.2) is 142 Å². The van der Waals surface area contributed by atoms with Crippen molar-refractivity contribution in [2.24, 2.45) is 0 Å². The minimum absolute atomic E-state index is 0.0256. The third-order valence-corrected chi connectivity index (χ3v) is 16.6. The Bertz CT molecular complexity index is 3950. The van der Waals surface area contributed by atoms with E-state index in [1.54, 1.807) is 103 Å².